The van der Waals surface area contributed by atoms with Gasteiger partial charge in [-0.1, -0.05) is 26.0 Å². The van der Waals surface area contributed by atoms with Crippen molar-refractivity contribution in [1.82, 2.24) is 24.6 Å². The Morgan fingerprint density at radius 3 is 2.67 bits per heavy atom. The number of rotatable bonds is 5. The Balaban J connectivity index is 1.86. The van der Waals surface area contributed by atoms with E-state index in [1.165, 1.54) is 0 Å². The minimum Gasteiger partial charge on any atom is -0.495 e. The Kier molecular flexibility index (Phi) is 4.42. The first-order chi connectivity index (χ1) is 13.2. The van der Waals surface area contributed by atoms with E-state index in [9.17, 15) is 0 Å². The van der Waals surface area contributed by atoms with Crippen molar-refractivity contribution in [3.8, 4) is 17.1 Å². The molecule has 3 heterocycles. The summed E-state index contributed by atoms with van der Waals surface area (Å²) >= 11 is 0. The monoisotopic (exact) mass is 360 g/mol. The van der Waals surface area contributed by atoms with E-state index < -0.39 is 0 Å². The van der Waals surface area contributed by atoms with Gasteiger partial charge in [0, 0.05) is 24.0 Å². The van der Waals surface area contributed by atoms with Crippen LogP contribution in [0.25, 0.3) is 17.2 Å². The van der Waals surface area contributed by atoms with E-state index >= 15 is 0 Å². The molecule has 0 amide bonds. The minimum atomic E-state index is 0.256. The van der Waals surface area contributed by atoms with Crippen LogP contribution in [0, 0.1) is 0 Å². The molecule has 7 nitrogen and oxygen atoms in total. The van der Waals surface area contributed by atoms with Crippen LogP contribution in [0.2, 0.25) is 0 Å². The maximum Gasteiger partial charge on any atom is 0.254 e. The Labute approximate surface area is 157 Å². The van der Waals surface area contributed by atoms with Crippen molar-refractivity contribution in [3.63, 3.8) is 0 Å². The molecule has 0 radical (unpaired) electrons. The SMILES string of the molecule is COc1ccccc1Nc1cc(C(C)C)nc2nc(-c3cccnc3)nn12. The van der Waals surface area contributed by atoms with Crippen molar-refractivity contribution in [2.24, 2.45) is 0 Å². The molecule has 0 aliphatic carbocycles. The van der Waals surface area contributed by atoms with Gasteiger partial charge in [0.1, 0.15) is 11.6 Å². The number of hydrogen-bond acceptors (Lipinski definition) is 6. The van der Waals surface area contributed by atoms with E-state index in [0.29, 0.717) is 11.6 Å². The maximum absolute atomic E-state index is 5.45. The molecule has 0 spiro atoms. The summed E-state index contributed by atoms with van der Waals surface area (Å²) in [5.41, 5.74) is 2.63. The molecule has 0 saturated carbocycles. The smallest absolute Gasteiger partial charge is 0.254 e. The first kappa shape index (κ1) is 17.0. The van der Waals surface area contributed by atoms with Gasteiger partial charge in [-0.3, -0.25) is 4.98 Å². The largest absolute Gasteiger partial charge is 0.495 e. The fourth-order valence-corrected chi connectivity index (χ4v) is 2.77. The minimum absolute atomic E-state index is 0.256. The second-order valence-electron chi connectivity index (χ2n) is 6.44. The first-order valence-electron chi connectivity index (χ1n) is 8.74. The molecule has 7 heteroatoms. The number of nitrogens with one attached hydrogen (secondary N) is 1. The zero-order chi connectivity index (χ0) is 18.8. The Morgan fingerprint density at radius 2 is 1.93 bits per heavy atom. The van der Waals surface area contributed by atoms with Gasteiger partial charge in [-0.15, -0.1) is 5.10 Å². The van der Waals surface area contributed by atoms with Crippen LogP contribution >= 0.6 is 0 Å². The highest BCUT2D eigenvalue weighted by Crippen LogP contribution is 2.29. The summed E-state index contributed by atoms with van der Waals surface area (Å²) in [5.74, 6) is 2.90. The lowest BCUT2D eigenvalue weighted by Crippen LogP contribution is -2.05. The molecule has 0 atom stereocenters. The van der Waals surface area contributed by atoms with Crippen LogP contribution in [0.5, 0.6) is 5.75 Å². The van der Waals surface area contributed by atoms with Gasteiger partial charge in [-0.05, 0) is 30.2 Å². The van der Waals surface area contributed by atoms with Crippen molar-refractivity contribution in [3.05, 3.63) is 60.6 Å². The van der Waals surface area contributed by atoms with Crippen molar-refractivity contribution >= 4 is 17.3 Å². The fraction of sp³-hybridized carbons (Fsp3) is 0.200. The zero-order valence-electron chi connectivity index (χ0n) is 15.4. The number of ether oxygens (including phenoxy) is 1. The molecular formula is C20H20N6O. The van der Waals surface area contributed by atoms with E-state index in [1.807, 2.05) is 42.5 Å². The second-order valence-corrected chi connectivity index (χ2v) is 6.44. The first-order valence-corrected chi connectivity index (χ1v) is 8.74. The van der Waals surface area contributed by atoms with Crippen LogP contribution in [0.4, 0.5) is 11.5 Å². The van der Waals surface area contributed by atoms with E-state index in [0.717, 1.165) is 28.5 Å². The van der Waals surface area contributed by atoms with Crippen LogP contribution in [0.3, 0.4) is 0 Å². The lowest BCUT2D eigenvalue weighted by molar-refractivity contribution is 0.417. The van der Waals surface area contributed by atoms with E-state index in [2.05, 4.69) is 39.2 Å². The van der Waals surface area contributed by atoms with Crippen LogP contribution < -0.4 is 10.1 Å². The molecular weight excluding hydrogens is 340 g/mol. The number of pyridine rings is 1. The zero-order valence-corrected chi connectivity index (χ0v) is 15.4. The highest BCUT2D eigenvalue weighted by Gasteiger charge is 2.15. The molecule has 1 aromatic carbocycles. The predicted octanol–water partition coefficient (Wildman–Crippen LogP) is 4.06. The van der Waals surface area contributed by atoms with Crippen LogP contribution in [-0.4, -0.2) is 31.7 Å². The molecule has 0 bridgehead atoms. The molecule has 136 valence electrons. The van der Waals surface area contributed by atoms with Gasteiger partial charge in [-0.25, -0.2) is 4.98 Å². The number of aromatic nitrogens is 5. The average Bonchev–Trinajstić information content (AvgIpc) is 3.13. The van der Waals surface area contributed by atoms with Crippen molar-refractivity contribution in [1.29, 1.82) is 0 Å². The van der Waals surface area contributed by atoms with E-state index in [-0.39, 0.29) is 5.92 Å². The molecule has 3 aromatic heterocycles. The standard InChI is InChI=1S/C20H20N6O/c1-13(2)16-11-18(22-15-8-4-5-9-17(15)27-3)26-20(23-16)24-19(25-26)14-7-6-10-21-12-14/h4-13,22H,1-3H3. The van der Waals surface area contributed by atoms with Gasteiger partial charge < -0.3 is 10.1 Å². The third-order valence-electron chi connectivity index (χ3n) is 4.21. The molecule has 0 aliphatic heterocycles. The summed E-state index contributed by atoms with van der Waals surface area (Å²) < 4.78 is 7.16. The van der Waals surface area contributed by atoms with Gasteiger partial charge in [0.25, 0.3) is 5.78 Å². The number of benzene rings is 1. The number of methoxy groups -OCH3 is 1. The topological polar surface area (TPSA) is 77.2 Å². The third kappa shape index (κ3) is 3.31. The van der Waals surface area contributed by atoms with Crippen molar-refractivity contribution in [2.75, 3.05) is 12.4 Å². The Morgan fingerprint density at radius 1 is 1.07 bits per heavy atom. The Bertz CT molecular complexity index is 1070. The van der Waals surface area contributed by atoms with Gasteiger partial charge in [0.05, 0.1) is 18.5 Å². The van der Waals surface area contributed by atoms with Crippen LogP contribution in [0.15, 0.2) is 54.9 Å². The normalized spacial score (nSPS) is 11.1. The lowest BCUT2D eigenvalue weighted by atomic mass is 10.1. The Hall–Kier alpha value is -3.48. The van der Waals surface area contributed by atoms with Gasteiger partial charge in [0.2, 0.25) is 0 Å². The molecule has 0 saturated heterocycles. The van der Waals surface area contributed by atoms with Gasteiger partial charge in [-0.2, -0.15) is 9.50 Å². The molecule has 1 N–H and O–H groups in total. The maximum atomic E-state index is 5.45. The number of nitrogens with zero attached hydrogens (tertiary/aromatic N) is 5. The van der Waals surface area contributed by atoms with Crippen molar-refractivity contribution in [2.45, 2.75) is 19.8 Å². The molecule has 0 unspecified atom stereocenters. The number of hydrogen-bond donors (Lipinski definition) is 1. The number of fused-ring (bicyclic) bond motifs is 1. The summed E-state index contributed by atoms with van der Waals surface area (Å²) in [5, 5.41) is 8.04. The van der Waals surface area contributed by atoms with Gasteiger partial charge in [0.15, 0.2) is 5.82 Å². The van der Waals surface area contributed by atoms with Crippen molar-refractivity contribution < 1.29 is 4.74 Å². The lowest BCUT2D eigenvalue weighted by Gasteiger charge is -2.13. The summed E-state index contributed by atoms with van der Waals surface area (Å²) in [4.78, 5) is 13.4. The molecule has 0 fully saturated rings. The molecule has 0 aliphatic rings. The summed E-state index contributed by atoms with van der Waals surface area (Å²) in [6.45, 7) is 4.20. The summed E-state index contributed by atoms with van der Waals surface area (Å²) in [6.07, 6.45) is 3.47. The average molecular weight is 360 g/mol. The quantitative estimate of drug-likeness (QED) is 0.578. The second kappa shape index (κ2) is 7.03. The van der Waals surface area contributed by atoms with Crippen LogP contribution in [0.1, 0.15) is 25.5 Å². The molecule has 27 heavy (non-hydrogen) atoms. The molecule has 4 aromatic rings. The highest BCUT2D eigenvalue weighted by molar-refractivity contribution is 5.66. The molecule has 4 rings (SSSR count). The highest BCUT2D eigenvalue weighted by atomic mass is 16.5. The van der Waals surface area contributed by atoms with Crippen LogP contribution in [-0.2, 0) is 0 Å². The fourth-order valence-electron chi connectivity index (χ4n) is 2.77. The van der Waals surface area contributed by atoms with E-state index in [1.54, 1.807) is 24.0 Å². The van der Waals surface area contributed by atoms with Gasteiger partial charge >= 0.3 is 0 Å². The summed E-state index contributed by atoms with van der Waals surface area (Å²) in [7, 11) is 1.65. The third-order valence-corrected chi connectivity index (χ3v) is 4.21. The summed E-state index contributed by atoms with van der Waals surface area (Å²) in [6, 6.07) is 13.5. The predicted molar refractivity (Wildman–Crippen MR) is 104 cm³/mol. The number of para-hydroxylation sites is 2. The number of anilines is 2. The van der Waals surface area contributed by atoms with E-state index in [4.69, 9.17) is 4.74 Å².